The Bertz CT molecular complexity index is 980. The van der Waals surface area contributed by atoms with Gasteiger partial charge in [0, 0.05) is 12.8 Å². The van der Waals surface area contributed by atoms with Crippen molar-refractivity contribution < 1.29 is 9.53 Å². The number of aryl methyl sites for hydroxylation is 1. The Morgan fingerprint density at radius 3 is 2.78 bits per heavy atom. The number of aromatic nitrogens is 2. The van der Waals surface area contributed by atoms with E-state index in [0.717, 1.165) is 12.1 Å². The lowest BCUT2D eigenvalue weighted by Gasteiger charge is -2.11. The number of rotatable bonds is 8. The molecule has 0 fully saturated rings. The highest BCUT2D eigenvalue weighted by Crippen LogP contribution is 2.21. The Balaban J connectivity index is 1.72. The SMILES string of the molecule is CCc1ccc(NC(=O)CSc2nc3ccsc3c(=O)n2CCOC)cc1. The van der Waals surface area contributed by atoms with Crippen LogP contribution in [0, 0.1) is 0 Å². The summed E-state index contributed by atoms with van der Waals surface area (Å²) in [6.07, 6.45) is 0.958. The maximum Gasteiger partial charge on any atom is 0.272 e. The third kappa shape index (κ3) is 4.77. The molecule has 27 heavy (non-hydrogen) atoms. The molecule has 2 aromatic heterocycles. The predicted octanol–water partition coefficient (Wildman–Crippen LogP) is 3.40. The van der Waals surface area contributed by atoms with Crippen molar-refractivity contribution in [3.05, 3.63) is 51.6 Å². The van der Waals surface area contributed by atoms with Gasteiger partial charge in [-0.05, 0) is 35.6 Å². The molecule has 0 saturated carbocycles. The molecular formula is C19H21N3O3S2. The number of nitrogens with zero attached hydrogens (tertiary/aromatic N) is 2. The minimum Gasteiger partial charge on any atom is -0.383 e. The van der Waals surface area contributed by atoms with Gasteiger partial charge in [-0.2, -0.15) is 0 Å². The minimum absolute atomic E-state index is 0.0925. The average Bonchev–Trinajstić information content (AvgIpc) is 3.15. The van der Waals surface area contributed by atoms with E-state index in [-0.39, 0.29) is 17.2 Å². The third-order valence-electron chi connectivity index (χ3n) is 4.03. The number of fused-ring (bicyclic) bond motifs is 1. The van der Waals surface area contributed by atoms with E-state index in [4.69, 9.17) is 4.74 Å². The Morgan fingerprint density at radius 2 is 2.07 bits per heavy atom. The molecule has 8 heteroatoms. The summed E-state index contributed by atoms with van der Waals surface area (Å²) in [5.74, 6) is 0.0344. The molecule has 0 atom stereocenters. The molecule has 0 saturated heterocycles. The maximum absolute atomic E-state index is 12.7. The van der Waals surface area contributed by atoms with Gasteiger partial charge < -0.3 is 10.1 Å². The van der Waals surface area contributed by atoms with Crippen molar-refractivity contribution in [3.63, 3.8) is 0 Å². The highest BCUT2D eigenvalue weighted by Gasteiger charge is 2.14. The van der Waals surface area contributed by atoms with Crippen LogP contribution in [-0.4, -0.2) is 34.9 Å². The van der Waals surface area contributed by atoms with Gasteiger partial charge in [-0.15, -0.1) is 11.3 Å². The summed E-state index contributed by atoms with van der Waals surface area (Å²) in [5, 5.41) is 5.25. The molecule has 0 radical (unpaired) electrons. The summed E-state index contributed by atoms with van der Waals surface area (Å²) >= 11 is 2.63. The van der Waals surface area contributed by atoms with Crippen LogP contribution >= 0.6 is 23.1 Å². The van der Waals surface area contributed by atoms with Crippen molar-refractivity contribution in [2.45, 2.75) is 25.0 Å². The second kappa shape index (κ2) is 9.16. The van der Waals surface area contributed by atoms with Crippen LogP contribution in [0.25, 0.3) is 10.2 Å². The van der Waals surface area contributed by atoms with Gasteiger partial charge in [-0.1, -0.05) is 30.8 Å². The largest absolute Gasteiger partial charge is 0.383 e. The third-order valence-corrected chi connectivity index (χ3v) is 5.90. The summed E-state index contributed by atoms with van der Waals surface area (Å²) < 4.78 is 7.30. The first-order valence-corrected chi connectivity index (χ1v) is 10.5. The fourth-order valence-corrected chi connectivity index (χ4v) is 4.17. The molecule has 6 nitrogen and oxygen atoms in total. The highest BCUT2D eigenvalue weighted by atomic mass is 32.2. The molecule has 1 aromatic carbocycles. The molecule has 0 unspecified atom stereocenters. The summed E-state index contributed by atoms with van der Waals surface area (Å²) in [4.78, 5) is 29.5. The molecule has 0 spiro atoms. The maximum atomic E-state index is 12.7. The van der Waals surface area contributed by atoms with Crippen molar-refractivity contribution in [1.82, 2.24) is 9.55 Å². The number of hydrogen-bond acceptors (Lipinski definition) is 6. The van der Waals surface area contributed by atoms with Gasteiger partial charge in [0.2, 0.25) is 5.91 Å². The molecule has 142 valence electrons. The summed E-state index contributed by atoms with van der Waals surface area (Å²) in [6, 6.07) is 9.60. The van der Waals surface area contributed by atoms with Gasteiger partial charge in [0.25, 0.3) is 5.56 Å². The minimum atomic E-state index is -0.137. The molecule has 0 aliphatic carbocycles. The van der Waals surface area contributed by atoms with Crippen LogP contribution in [0.3, 0.4) is 0 Å². The van der Waals surface area contributed by atoms with Crippen LogP contribution in [0.1, 0.15) is 12.5 Å². The van der Waals surface area contributed by atoms with E-state index in [1.807, 2.05) is 35.7 Å². The number of carbonyl (C=O) groups is 1. The molecule has 3 aromatic rings. The lowest BCUT2D eigenvalue weighted by molar-refractivity contribution is -0.113. The van der Waals surface area contributed by atoms with Crippen LogP contribution in [-0.2, 0) is 22.5 Å². The number of anilines is 1. The van der Waals surface area contributed by atoms with Gasteiger partial charge in [0.15, 0.2) is 5.16 Å². The molecule has 0 aliphatic rings. The van der Waals surface area contributed by atoms with Crippen LogP contribution in [0.2, 0.25) is 0 Å². The van der Waals surface area contributed by atoms with Crippen molar-refractivity contribution >= 4 is 44.9 Å². The quantitative estimate of drug-likeness (QED) is 0.461. The Hall–Kier alpha value is -2.16. The van der Waals surface area contributed by atoms with Crippen LogP contribution in [0.4, 0.5) is 5.69 Å². The Morgan fingerprint density at radius 1 is 1.30 bits per heavy atom. The van der Waals surface area contributed by atoms with Gasteiger partial charge in [-0.25, -0.2) is 4.98 Å². The smallest absolute Gasteiger partial charge is 0.272 e. The zero-order valence-corrected chi connectivity index (χ0v) is 16.9. The number of amides is 1. The number of carbonyl (C=O) groups excluding carboxylic acids is 1. The summed E-state index contributed by atoms with van der Waals surface area (Å²) in [7, 11) is 1.59. The zero-order chi connectivity index (χ0) is 19.2. The van der Waals surface area contributed by atoms with Crippen LogP contribution in [0.5, 0.6) is 0 Å². The molecule has 0 bridgehead atoms. The molecular weight excluding hydrogens is 382 g/mol. The van der Waals surface area contributed by atoms with Crippen LogP contribution < -0.4 is 10.9 Å². The fraction of sp³-hybridized carbons (Fsp3) is 0.316. The second-order valence-electron chi connectivity index (χ2n) is 5.87. The second-order valence-corrected chi connectivity index (χ2v) is 7.72. The lowest BCUT2D eigenvalue weighted by Crippen LogP contribution is -2.25. The normalized spacial score (nSPS) is 11.0. The van der Waals surface area contributed by atoms with Crippen molar-refractivity contribution in [1.29, 1.82) is 0 Å². The number of thiophene rings is 1. The van der Waals surface area contributed by atoms with Crippen molar-refractivity contribution in [2.75, 3.05) is 24.8 Å². The number of hydrogen-bond donors (Lipinski definition) is 1. The van der Waals surface area contributed by atoms with E-state index in [1.54, 1.807) is 11.7 Å². The van der Waals surface area contributed by atoms with Gasteiger partial charge in [0.05, 0.1) is 24.4 Å². The predicted molar refractivity (Wildman–Crippen MR) is 111 cm³/mol. The van der Waals surface area contributed by atoms with E-state index >= 15 is 0 Å². The van der Waals surface area contributed by atoms with E-state index in [2.05, 4.69) is 17.2 Å². The van der Waals surface area contributed by atoms with E-state index < -0.39 is 0 Å². The number of benzene rings is 1. The first-order valence-electron chi connectivity index (χ1n) is 8.61. The van der Waals surface area contributed by atoms with E-state index in [0.29, 0.717) is 28.5 Å². The number of nitrogens with one attached hydrogen (secondary N) is 1. The van der Waals surface area contributed by atoms with Crippen molar-refractivity contribution in [3.8, 4) is 0 Å². The van der Waals surface area contributed by atoms with Gasteiger partial charge >= 0.3 is 0 Å². The number of thioether (sulfide) groups is 1. The topological polar surface area (TPSA) is 73.2 Å². The molecule has 1 amide bonds. The average molecular weight is 404 g/mol. The van der Waals surface area contributed by atoms with Crippen molar-refractivity contribution in [2.24, 2.45) is 0 Å². The summed E-state index contributed by atoms with van der Waals surface area (Å²) in [6.45, 7) is 2.89. The van der Waals surface area contributed by atoms with Crippen LogP contribution in [0.15, 0.2) is 45.7 Å². The number of ether oxygens (including phenoxy) is 1. The first-order chi connectivity index (χ1) is 13.1. The Kier molecular flexibility index (Phi) is 6.65. The summed E-state index contributed by atoms with van der Waals surface area (Å²) in [5.41, 5.74) is 2.55. The monoisotopic (exact) mass is 403 g/mol. The van der Waals surface area contributed by atoms with Gasteiger partial charge in [-0.3, -0.25) is 14.2 Å². The number of methoxy groups -OCH3 is 1. The molecule has 0 aliphatic heterocycles. The first kappa shape index (κ1) is 19.6. The van der Waals surface area contributed by atoms with Gasteiger partial charge in [0.1, 0.15) is 4.70 Å². The molecule has 3 rings (SSSR count). The Labute approximate surface area is 165 Å². The lowest BCUT2D eigenvalue weighted by atomic mass is 10.1. The highest BCUT2D eigenvalue weighted by molar-refractivity contribution is 7.99. The fourth-order valence-electron chi connectivity index (χ4n) is 2.56. The van der Waals surface area contributed by atoms with E-state index in [9.17, 15) is 9.59 Å². The zero-order valence-electron chi connectivity index (χ0n) is 15.2. The molecule has 2 heterocycles. The standard InChI is InChI=1S/C19H21N3O3S2/c1-3-13-4-6-14(7-5-13)20-16(23)12-27-19-21-15-8-11-26-17(15)18(24)22(19)9-10-25-2/h4-8,11H,3,9-10,12H2,1-2H3,(H,20,23). The molecule has 1 N–H and O–H groups in total. The van der Waals surface area contributed by atoms with E-state index in [1.165, 1.54) is 28.7 Å².